The average molecular weight is 307 g/mol. The molecule has 2 N–H and O–H groups in total. The molecule has 1 aliphatic heterocycles. The molecule has 6 heteroatoms. The maximum atomic E-state index is 11.9. The van der Waals surface area contributed by atoms with Crippen LogP contribution in [0.1, 0.15) is 25.3 Å². The molecule has 0 bridgehead atoms. The van der Waals surface area contributed by atoms with Crippen LogP contribution in [0.2, 0.25) is 0 Å². The Kier molecular flexibility index (Phi) is 5.77. The third-order valence-corrected chi connectivity index (χ3v) is 3.52. The van der Waals surface area contributed by atoms with Crippen LogP contribution in [0.4, 0.5) is 0 Å². The molecule has 6 nitrogen and oxygen atoms in total. The van der Waals surface area contributed by atoms with Gasteiger partial charge in [0, 0.05) is 6.54 Å². The lowest BCUT2D eigenvalue weighted by Gasteiger charge is -2.11. The van der Waals surface area contributed by atoms with Crippen LogP contribution in [0.15, 0.2) is 24.3 Å². The highest BCUT2D eigenvalue weighted by molar-refractivity contribution is 5.81. The van der Waals surface area contributed by atoms with E-state index in [0.29, 0.717) is 18.7 Å². The second kappa shape index (κ2) is 7.79. The van der Waals surface area contributed by atoms with Gasteiger partial charge in [0.25, 0.3) is 0 Å². The molecule has 2 unspecified atom stereocenters. The molecule has 0 aliphatic carbocycles. The number of rotatable bonds is 7. The van der Waals surface area contributed by atoms with Crippen molar-refractivity contribution in [2.45, 2.75) is 38.4 Å². The summed E-state index contributed by atoms with van der Waals surface area (Å²) in [7, 11) is 0. The number of carbonyl (C=O) groups is 2. The van der Waals surface area contributed by atoms with E-state index in [1.807, 2.05) is 19.1 Å². The van der Waals surface area contributed by atoms with E-state index in [2.05, 4.69) is 5.32 Å². The van der Waals surface area contributed by atoms with Crippen molar-refractivity contribution in [2.75, 3.05) is 13.2 Å². The molecule has 0 radical (unpaired) electrons. The minimum absolute atomic E-state index is 0.0502. The molecule has 2 atom stereocenters. The van der Waals surface area contributed by atoms with Gasteiger partial charge in [0.15, 0.2) is 6.61 Å². The van der Waals surface area contributed by atoms with E-state index in [9.17, 15) is 9.59 Å². The largest absolute Gasteiger partial charge is 0.482 e. The average Bonchev–Trinajstić information content (AvgIpc) is 2.93. The van der Waals surface area contributed by atoms with Crippen molar-refractivity contribution in [3.63, 3.8) is 0 Å². The van der Waals surface area contributed by atoms with Crippen molar-refractivity contribution < 1.29 is 24.2 Å². The Morgan fingerprint density at radius 3 is 2.64 bits per heavy atom. The smallest absolute Gasteiger partial charge is 0.341 e. The van der Waals surface area contributed by atoms with Gasteiger partial charge >= 0.3 is 5.97 Å². The molecule has 1 amide bonds. The molecule has 1 aliphatic rings. The summed E-state index contributed by atoms with van der Waals surface area (Å²) < 4.78 is 10.6. The van der Waals surface area contributed by atoms with E-state index in [1.54, 1.807) is 12.1 Å². The van der Waals surface area contributed by atoms with Crippen molar-refractivity contribution in [1.29, 1.82) is 0 Å². The van der Waals surface area contributed by atoms with Crippen molar-refractivity contribution in [3.05, 3.63) is 29.8 Å². The number of carboxylic acids is 1. The van der Waals surface area contributed by atoms with E-state index < -0.39 is 5.97 Å². The highest BCUT2D eigenvalue weighted by Crippen LogP contribution is 2.19. The summed E-state index contributed by atoms with van der Waals surface area (Å²) in [5.74, 6) is -0.537. The summed E-state index contributed by atoms with van der Waals surface area (Å²) in [6, 6.07) is 7.17. The molecule has 0 spiro atoms. The summed E-state index contributed by atoms with van der Waals surface area (Å²) in [4.78, 5) is 22.3. The zero-order chi connectivity index (χ0) is 15.9. The third kappa shape index (κ3) is 5.04. The predicted octanol–water partition coefficient (Wildman–Crippen LogP) is 1.38. The number of nitrogens with one attached hydrogen (secondary N) is 1. The minimum Gasteiger partial charge on any atom is -0.482 e. The Labute approximate surface area is 129 Å². The van der Waals surface area contributed by atoms with Gasteiger partial charge in [-0.25, -0.2) is 4.79 Å². The van der Waals surface area contributed by atoms with E-state index >= 15 is 0 Å². The van der Waals surface area contributed by atoms with E-state index in [0.717, 1.165) is 18.4 Å². The maximum Gasteiger partial charge on any atom is 0.341 e. The van der Waals surface area contributed by atoms with Crippen LogP contribution in [-0.4, -0.2) is 42.3 Å². The lowest BCUT2D eigenvalue weighted by molar-refractivity contribution is -0.139. The molecular formula is C16H21NO5. The molecule has 1 aromatic rings. The third-order valence-electron chi connectivity index (χ3n) is 3.52. The summed E-state index contributed by atoms with van der Waals surface area (Å²) in [5.41, 5.74) is 1.05. The highest BCUT2D eigenvalue weighted by Gasteiger charge is 2.27. The molecule has 120 valence electrons. The fourth-order valence-electron chi connectivity index (χ4n) is 2.34. The lowest BCUT2D eigenvalue weighted by atomic mass is 10.1. The molecular weight excluding hydrogens is 286 g/mol. The Morgan fingerprint density at radius 2 is 2.05 bits per heavy atom. The fourth-order valence-corrected chi connectivity index (χ4v) is 2.34. The SMILES string of the molecule is CC1CCC(C(=O)NCCc2ccc(OCC(=O)O)cc2)O1. The van der Waals surface area contributed by atoms with Crippen molar-refractivity contribution >= 4 is 11.9 Å². The normalized spacial score (nSPS) is 20.6. The first-order valence-corrected chi connectivity index (χ1v) is 7.41. The van der Waals surface area contributed by atoms with Crippen LogP contribution < -0.4 is 10.1 Å². The van der Waals surface area contributed by atoms with Gasteiger partial charge in [0.05, 0.1) is 6.10 Å². The molecule has 2 rings (SSSR count). The van der Waals surface area contributed by atoms with Gasteiger partial charge < -0.3 is 19.9 Å². The topological polar surface area (TPSA) is 84.9 Å². The van der Waals surface area contributed by atoms with Crippen LogP contribution in [0.3, 0.4) is 0 Å². The summed E-state index contributed by atoms with van der Waals surface area (Å²) in [5, 5.41) is 11.4. The molecule has 22 heavy (non-hydrogen) atoms. The van der Waals surface area contributed by atoms with E-state index in [4.69, 9.17) is 14.6 Å². The van der Waals surface area contributed by atoms with Gasteiger partial charge in [-0.15, -0.1) is 0 Å². The first-order chi connectivity index (χ1) is 10.5. The number of benzene rings is 1. The predicted molar refractivity (Wildman–Crippen MR) is 79.9 cm³/mol. The zero-order valence-corrected chi connectivity index (χ0v) is 12.6. The molecule has 1 heterocycles. The van der Waals surface area contributed by atoms with Crippen LogP contribution >= 0.6 is 0 Å². The molecule has 1 saturated heterocycles. The number of carboxylic acid groups (broad SMARTS) is 1. The van der Waals surface area contributed by atoms with Crippen LogP contribution in [0, 0.1) is 0 Å². The Balaban J connectivity index is 1.70. The Bertz CT molecular complexity index is 514. The minimum atomic E-state index is -1.00. The fraction of sp³-hybridized carbons (Fsp3) is 0.500. The van der Waals surface area contributed by atoms with Crippen LogP contribution in [0.25, 0.3) is 0 Å². The van der Waals surface area contributed by atoms with Crippen LogP contribution in [-0.2, 0) is 20.7 Å². The van der Waals surface area contributed by atoms with Crippen molar-refractivity contribution in [1.82, 2.24) is 5.32 Å². The summed E-state index contributed by atoms with van der Waals surface area (Å²) in [6.07, 6.45) is 2.25. The number of aliphatic carboxylic acids is 1. The zero-order valence-electron chi connectivity index (χ0n) is 12.6. The molecule has 0 aromatic heterocycles. The van der Waals surface area contributed by atoms with Gasteiger partial charge in [0.1, 0.15) is 11.9 Å². The highest BCUT2D eigenvalue weighted by atomic mass is 16.5. The first kappa shape index (κ1) is 16.3. The van der Waals surface area contributed by atoms with Crippen molar-refractivity contribution in [2.24, 2.45) is 0 Å². The number of carbonyl (C=O) groups excluding carboxylic acids is 1. The van der Waals surface area contributed by atoms with Gasteiger partial charge in [-0.3, -0.25) is 4.79 Å². The molecule has 0 saturated carbocycles. The quantitative estimate of drug-likeness (QED) is 0.795. The maximum absolute atomic E-state index is 11.9. The molecule has 1 aromatic carbocycles. The van der Waals surface area contributed by atoms with Gasteiger partial charge in [0.2, 0.25) is 5.91 Å². The molecule has 1 fully saturated rings. The second-order valence-corrected chi connectivity index (χ2v) is 5.38. The Hall–Kier alpha value is -2.08. The van der Waals surface area contributed by atoms with E-state index in [1.165, 1.54) is 0 Å². The Morgan fingerprint density at radius 1 is 1.32 bits per heavy atom. The number of hydrogen-bond donors (Lipinski definition) is 2. The second-order valence-electron chi connectivity index (χ2n) is 5.38. The number of ether oxygens (including phenoxy) is 2. The van der Waals surface area contributed by atoms with E-state index in [-0.39, 0.29) is 24.7 Å². The number of hydrogen-bond acceptors (Lipinski definition) is 4. The summed E-state index contributed by atoms with van der Waals surface area (Å²) >= 11 is 0. The van der Waals surface area contributed by atoms with Crippen molar-refractivity contribution in [3.8, 4) is 5.75 Å². The lowest BCUT2D eigenvalue weighted by Crippen LogP contribution is -2.35. The summed E-state index contributed by atoms with van der Waals surface area (Å²) in [6.45, 7) is 2.17. The van der Waals surface area contributed by atoms with Gasteiger partial charge in [-0.1, -0.05) is 12.1 Å². The van der Waals surface area contributed by atoms with Gasteiger partial charge in [-0.2, -0.15) is 0 Å². The first-order valence-electron chi connectivity index (χ1n) is 7.41. The standard InChI is InChI=1S/C16H21NO5/c1-11-2-7-14(22-11)16(20)17-9-8-12-3-5-13(6-4-12)21-10-15(18)19/h3-6,11,14H,2,7-10H2,1H3,(H,17,20)(H,18,19). The van der Waals surface area contributed by atoms with Crippen LogP contribution in [0.5, 0.6) is 5.75 Å². The monoisotopic (exact) mass is 307 g/mol. The van der Waals surface area contributed by atoms with Gasteiger partial charge in [-0.05, 0) is 43.9 Å². The number of amides is 1.